The number of esters is 1. The molecule has 1 N–H and O–H groups in total. The number of hydrogen-bond acceptors (Lipinski definition) is 4. The van der Waals surface area contributed by atoms with Crippen molar-refractivity contribution in [3.63, 3.8) is 0 Å². The van der Waals surface area contributed by atoms with Gasteiger partial charge in [0.05, 0.1) is 4.34 Å². The first-order valence-electron chi connectivity index (χ1n) is 6.49. The van der Waals surface area contributed by atoms with Crippen LogP contribution >= 0.6 is 22.9 Å². The molecule has 0 atom stereocenters. The Kier molecular flexibility index (Phi) is 5.91. The highest BCUT2D eigenvalue weighted by atomic mass is 35.5. The van der Waals surface area contributed by atoms with Gasteiger partial charge >= 0.3 is 5.97 Å². The summed E-state index contributed by atoms with van der Waals surface area (Å²) in [5.41, 5.74) is 0.521. The average molecular weight is 342 g/mol. The lowest BCUT2D eigenvalue weighted by atomic mass is 10.1. The van der Waals surface area contributed by atoms with E-state index in [4.69, 9.17) is 16.3 Å². The van der Waals surface area contributed by atoms with Gasteiger partial charge in [-0.2, -0.15) is 0 Å². The number of rotatable bonds is 6. The fourth-order valence-corrected chi connectivity index (χ4v) is 2.65. The van der Waals surface area contributed by atoms with E-state index in [0.29, 0.717) is 21.2 Å². The van der Waals surface area contributed by atoms with Gasteiger partial charge in [0, 0.05) is 6.54 Å². The first kappa shape index (κ1) is 16.5. The third kappa shape index (κ3) is 4.82. The van der Waals surface area contributed by atoms with Crippen LogP contribution in [-0.4, -0.2) is 25.0 Å². The second-order valence-electron chi connectivity index (χ2n) is 4.37. The summed E-state index contributed by atoms with van der Waals surface area (Å²) in [6.45, 7) is -0.117. The lowest BCUT2D eigenvalue weighted by Gasteiger charge is -2.06. The Labute approximate surface area is 135 Å². The lowest BCUT2D eigenvalue weighted by Crippen LogP contribution is -2.30. The number of amides is 1. The van der Waals surface area contributed by atoms with Crippen LogP contribution in [0.15, 0.2) is 36.4 Å². The Hall–Kier alpha value is -1.92. The SMILES string of the molecule is O=C(COC(=O)c1ccc(Cl)s1)NCCc1ccccc1F. The van der Waals surface area contributed by atoms with E-state index in [1.54, 1.807) is 24.3 Å². The quantitative estimate of drug-likeness (QED) is 0.822. The largest absolute Gasteiger partial charge is 0.451 e. The van der Waals surface area contributed by atoms with Crippen molar-refractivity contribution in [2.45, 2.75) is 6.42 Å². The average Bonchev–Trinajstić information content (AvgIpc) is 2.93. The summed E-state index contributed by atoms with van der Waals surface area (Å²) in [6, 6.07) is 9.47. The molecule has 0 aliphatic carbocycles. The van der Waals surface area contributed by atoms with Crippen molar-refractivity contribution in [3.05, 3.63) is 57.0 Å². The Morgan fingerprint density at radius 2 is 2.00 bits per heavy atom. The first-order chi connectivity index (χ1) is 10.6. The fraction of sp³-hybridized carbons (Fsp3) is 0.200. The molecule has 2 rings (SSSR count). The van der Waals surface area contributed by atoms with Crippen LogP contribution in [0, 0.1) is 5.82 Å². The summed E-state index contributed by atoms with van der Waals surface area (Å²) in [6.07, 6.45) is 0.368. The Balaban J connectivity index is 1.70. The van der Waals surface area contributed by atoms with Gasteiger partial charge in [-0.3, -0.25) is 4.79 Å². The molecule has 0 radical (unpaired) electrons. The van der Waals surface area contributed by atoms with Crippen LogP contribution in [-0.2, 0) is 16.0 Å². The second kappa shape index (κ2) is 7.91. The van der Waals surface area contributed by atoms with Crippen molar-refractivity contribution in [1.29, 1.82) is 0 Å². The van der Waals surface area contributed by atoms with E-state index in [0.717, 1.165) is 11.3 Å². The van der Waals surface area contributed by atoms with Gasteiger partial charge in [0.15, 0.2) is 6.61 Å². The standard InChI is InChI=1S/C15H13ClFNO3S/c16-13-6-5-12(22-13)15(20)21-9-14(19)18-8-7-10-3-1-2-4-11(10)17/h1-6H,7-9H2,(H,18,19). The highest BCUT2D eigenvalue weighted by Gasteiger charge is 2.12. The third-order valence-electron chi connectivity index (χ3n) is 2.78. The van der Waals surface area contributed by atoms with Gasteiger partial charge in [0.1, 0.15) is 10.7 Å². The van der Waals surface area contributed by atoms with E-state index in [2.05, 4.69) is 5.32 Å². The number of thiophene rings is 1. The summed E-state index contributed by atoms with van der Waals surface area (Å²) in [5, 5.41) is 2.56. The maximum absolute atomic E-state index is 13.4. The molecule has 1 heterocycles. The van der Waals surface area contributed by atoms with Crippen LogP contribution in [0.4, 0.5) is 4.39 Å². The molecule has 22 heavy (non-hydrogen) atoms. The molecule has 0 unspecified atom stereocenters. The third-order valence-corrected chi connectivity index (χ3v) is 3.99. The molecule has 0 fully saturated rings. The molecule has 1 aromatic carbocycles. The lowest BCUT2D eigenvalue weighted by molar-refractivity contribution is -0.124. The van der Waals surface area contributed by atoms with Gasteiger partial charge in [-0.15, -0.1) is 11.3 Å². The number of ether oxygens (including phenoxy) is 1. The van der Waals surface area contributed by atoms with E-state index in [1.807, 2.05) is 0 Å². The molecule has 0 saturated carbocycles. The fourth-order valence-electron chi connectivity index (χ4n) is 1.71. The van der Waals surface area contributed by atoms with Gasteiger partial charge in [-0.1, -0.05) is 29.8 Å². The van der Waals surface area contributed by atoms with Gasteiger partial charge in [0.25, 0.3) is 5.91 Å². The van der Waals surface area contributed by atoms with Crippen LogP contribution in [0.5, 0.6) is 0 Å². The van der Waals surface area contributed by atoms with Crippen molar-refractivity contribution >= 4 is 34.8 Å². The highest BCUT2D eigenvalue weighted by Crippen LogP contribution is 2.21. The van der Waals surface area contributed by atoms with Gasteiger partial charge in [-0.25, -0.2) is 9.18 Å². The highest BCUT2D eigenvalue weighted by molar-refractivity contribution is 7.17. The molecule has 0 bridgehead atoms. The van der Waals surface area contributed by atoms with E-state index >= 15 is 0 Å². The zero-order chi connectivity index (χ0) is 15.9. The van der Waals surface area contributed by atoms with Gasteiger partial charge in [0.2, 0.25) is 0 Å². The minimum absolute atomic E-state index is 0.266. The van der Waals surface area contributed by atoms with Crippen molar-refractivity contribution in [3.8, 4) is 0 Å². The first-order valence-corrected chi connectivity index (χ1v) is 7.68. The molecule has 116 valence electrons. The Morgan fingerprint density at radius 1 is 1.23 bits per heavy atom. The topological polar surface area (TPSA) is 55.4 Å². The number of hydrogen-bond donors (Lipinski definition) is 1. The van der Waals surface area contributed by atoms with Crippen LogP contribution in [0.25, 0.3) is 0 Å². The molecule has 2 aromatic rings. The van der Waals surface area contributed by atoms with Crippen LogP contribution < -0.4 is 5.32 Å². The molecule has 0 aliphatic heterocycles. The summed E-state index contributed by atoms with van der Waals surface area (Å²) < 4.78 is 18.7. The van der Waals surface area contributed by atoms with Crippen molar-refractivity contribution in [1.82, 2.24) is 5.32 Å². The zero-order valence-electron chi connectivity index (χ0n) is 11.5. The second-order valence-corrected chi connectivity index (χ2v) is 6.09. The smallest absolute Gasteiger partial charge is 0.348 e. The van der Waals surface area contributed by atoms with E-state index < -0.39 is 11.9 Å². The van der Waals surface area contributed by atoms with E-state index in [1.165, 1.54) is 12.1 Å². The van der Waals surface area contributed by atoms with E-state index in [9.17, 15) is 14.0 Å². The number of nitrogens with one attached hydrogen (secondary N) is 1. The predicted molar refractivity (Wildman–Crippen MR) is 82.7 cm³/mol. The number of carbonyl (C=O) groups is 2. The molecule has 0 spiro atoms. The summed E-state index contributed by atoms with van der Waals surface area (Å²) in [4.78, 5) is 23.5. The normalized spacial score (nSPS) is 10.3. The molecule has 1 aromatic heterocycles. The van der Waals surface area contributed by atoms with Gasteiger partial charge < -0.3 is 10.1 Å². The maximum Gasteiger partial charge on any atom is 0.348 e. The van der Waals surface area contributed by atoms with Crippen molar-refractivity contribution < 1.29 is 18.7 Å². The maximum atomic E-state index is 13.4. The predicted octanol–water partition coefficient (Wildman–Crippen LogP) is 3.06. The van der Waals surface area contributed by atoms with Crippen molar-refractivity contribution in [2.75, 3.05) is 13.2 Å². The monoisotopic (exact) mass is 341 g/mol. The Morgan fingerprint density at radius 3 is 2.68 bits per heavy atom. The number of halogens is 2. The van der Waals surface area contributed by atoms with Gasteiger partial charge in [-0.05, 0) is 30.2 Å². The minimum Gasteiger partial charge on any atom is -0.451 e. The summed E-state index contributed by atoms with van der Waals surface area (Å²) in [7, 11) is 0. The number of benzene rings is 1. The summed E-state index contributed by atoms with van der Waals surface area (Å²) >= 11 is 6.79. The molecular formula is C15H13ClFNO3S. The molecule has 7 heteroatoms. The Bertz CT molecular complexity index is 674. The molecule has 0 saturated heterocycles. The molecule has 4 nitrogen and oxygen atoms in total. The zero-order valence-corrected chi connectivity index (χ0v) is 13.0. The minimum atomic E-state index is -0.596. The van der Waals surface area contributed by atoms with Crippen LogP contribution in [0.1, 0.15) is 15.2 Å². The van der Waals surface area contributed by atoms with Crippen LogP contribution in [0.2, 0.25) is 4.34 Å². The van der Waals surface area contributed by atoms with E-state index in [-0.39, 0.29) is 19.0 Å². The van der Waals surface area contributed by atoms with Crippen LogP contribution in [0.3, 0.4) is 0 Å². The van der Waals surface area contributed by atoms with Crippen molar-refractivity contribution in [2.24, 2.45) is 0 Å². The molecule has 1 amide bonds. The molecular weight excluding hydrogens is 329 g/mol. The molecule has 0 aliphatic rings. The summed E-state index contributed by atoms with van der Waals surface area (Å²) in [5.74, 6) is -1.34. The number of carbonyl (C=O) groups excluding carboxylic acids is 2.